The van der Waals surface area contributed by atoms with Crippen LogP contribution in [-0.4, -0.2) is 23.3 Å². The van der Waals surface area contributed by atoms with Crippen molar-refractivity contribution in [3.63, 3.8) is 0 Å². The molecule has 0 radical (unpaired) electrons. The third-order valence-corrected chi connectivity index (χ3v) is 4.43. The minimum absolute atomic E-state index is 0.197. The van der Waals surface area contributed by atoms with Crippen molar-refractivity contribution in [2.45, 2.75) is 19.8 Å². The number of esters is 1. The molecule has 3 aromatic rings. The maximum absolute atomic E-state index is 12.6. The molecule has 1 heterocycles. The molecular weight excluding hydrogens is 314 g/mol. The Kier molecular flexibility index (Phi) is 4.98. The van der Waals surface area contributed by atoms with Gasteiger partial charge in [0.25, 0.3) is 0 Å². The van der Waals surface area contributed by atoms with Crippen molar-refractivity contribution in [2.75, 3.05) is 6.61 Å². The van der Waals surface area contributed by atoms with Crippen molar-refractivity contribution in [1.82, 2.24) is 4.98 Å². The fourth-order valence-corrected chi connectivity index (χ4v) is 3.33. The topological polar surface area (TPSA) is 59.2 Å². The Morgan fingerprint density at radius 2 is 1.72 bits per heavy atom. The van der Waals surface area contributed by atoms with Gasteiger partial charge in [-0.25, -0.2) is 0 Å². The van der Waals surface area contributed by atoms with Crippen molar-refractivity contribution in [3.05, 3.63) is 71.9 Å². The molecule has 0 aliphatic heterocycles. The minimum atomic E-state index is -0.874. The number of fused-ring (bicyclic) bond motifs is 1. The van der Waals surface area contributed by atoms with Crippen molar-refractivity contribution in [2.24, 2.45) is 5.92 Å². The van der Waals surface area contributed by atoms with Gasteiger partial charge in [-0.3, -0.25) is 9.59 Å². The quantitative estimate of drug-likeness (QED) is 0.546. The van der Waals surface area contributed by atoms with Crippen molar-refractivity contribution < 1.29 is 14.3 Å². The first-order valence-electron chi connectivity index (χ1n) is 8.41. The summed E-state index contributed by atoms with van der Waals surface area (Å²) < 4.78 is 5.21. The van der Waals surface area contributed by atoms with Crippen LogP contribution in [0.5, 0.6) is 0 Å². The van der Waals surface area contributed by atoms with E-state index < -0.39 is 17.8 Å². The van der Waals surface area contributed by atoms with Crippen LogP contribution in [0.3, 0.4) is 0 Å². The van der Waals surface area contributed by atoms with Gasteiger partial charge in [0.1, 0.15) is 11.7 Å². The lowest BCUT2D eigenvalue weighted by atomic mass is 9.78. The van der Waals surface area contributed by atoms with Gasteiger partial charge in [0.15, 0.2) is 0 Å². The Balaban J connectivity index is 2.19. The molecule has 0 saturated heterocycles. The van der Waals surface area contributed by atoms with Crippen LogP contribution < -0.4 is 0 Å². The second-order valence-corrected chi connectivity index (χ2v) is 6.02. The highest BCUT2D eigenvalue weighted by Crippen LogP contribution is 2.37. The third-order valence-electron chi connectivity index (χ3n) is 4.43. The molecule has 0 spiro atoms. The van der Waals surface area contributed by atoms with Gasteiger partial charge in [0, 0.05) is 23.0 Å². The molecule has 2 unspecified atom stereocenters. The summed E-state index contributed by atoms with van der Waals surface area (Å²) in [5, 5.41) is 1.01. The van der Waals surface area contributed by atoms with Gasteiger partial charge in [-0.15, -0.1) is 0 Å². The summed E-state index contributed by atoms with van der Waals surface area (Å²) in [5.41, 5.74) is 2.82. The van der Waals surface area contributed by atoms with Gasteiger partial charge in [-0.2, -0.15) is 0 Å². The van der Waals surface area contributed by atoms with Gasteiger partial charge in [-0.05, 0) is 31.0 Å². The van der Waals surface area contributed by atoms with Gasteiger partial charge in [0.05, 0.1) is 6.61 Å². The monoisotopic (exact) mass is 335 g/mol. The number of H-pyrrole nitrogens is 1. The van der Waals surface area contributed by atoms with Crippen molar-refractivity contribution >= 4 is 22.7 Å². The van der Waals surface area contributed by atoms with Crippen LogP contribution in [0.25, 0.3) is 10.9 Å². The summed E-state index contributed by atoms with van der Waals surface area (Å²) in [4.78, 5) is 28.2. The minimum Gasteiger partial charge on any atom is -0.465 e. The number of hydrogen-bond donors (Lipinski definition) is 1. The van der Waals surface area contributed by atoms with E-state index >= 15 is 0 Å². The summed E-state index contributed by atoms with van der Waals surface area (Å²) in [6.07, 6.45) is 1.89. The van der Waals surface area contributed by atoms with Crippen LogP contribution in [0.2, 0.25) is 0 Å². The number of ether oxygens (including phenoxy) is 1. The van der Waals surface area contributed by atoms with E-state index in [0.717, 1.165) is 22.0 Å². The lowest BCUT2D eigenvalue weighted by Gasteiger charge is -2.24. The molecule has 1 N–H and O–H groups in total. The SMILES string of the molecule is CCOC(=O)C(C(C)=O)C(c1ccccc1)c1c[nH]c2ccccc12. The Bertz CT molecular complexity index is 882. The summed E-state index contributed by atoms with van der Waals surface area (Å²) in [6, 6.07) is 17.5. The number of rotatable bonds is 6. The second kappa shape index (κ2) is 7.34. The lowest BCUT2D eigenvalue weighted by molar-refractivity contribution is -0.151. The van der Waals surface area contributed by atoms with E-state index in [1.807, 2.05) is 60.8 Å². The van der Waals surface area contributed by atoms with Crippen LogP contribution >= 0.6 is 0 Å². The zero-order chi connectivity index (χ0) is 17.8. The van der Waals surface area contributed by atoms with E-state index in [0.29, 0.717) is 0 Å². The normalized spacial score (nSPS) is 13.4. The number of benzene rings is 2. The highest BCUT2D eigenvalue weighted by atomic mass is 16.5. The first-order chi connectivity index (χ1) is 12.1. The molecule has 2 aromatic carbocycles. The van der Waals surface area contributed by atoms with Crippen LogP contribution in [-0.2, 0) is 14.3 Å². The van der Waals surface area contributed by atoms with E-state index in [1.54, 1.807) is 6.92 Å². The molecule has 1 aromatic heterocycles. The fourth-order valence-electron chi connectivity index (χ4n) is 3.33. The third kappa shape index (κ3) is 3.33. The maximum Gasteiger partial charge on any atom is 0.317 e. The Morgan fingerprint density at radius 3 is 2.40 bits per heavy atom. The van der Waals surface area contributed by atoms with Crippen molar-refractivity contribution in [3.8, 4) is 0 Å². The summed E-state index contributed by atoms with van der Waals surface area (Å²) in [5.74, 6) is -1.94. The fraction of sp³-hybridized carbons (Fsp3) is 0.238. The van der Waals surface area contributed by atoms with Crippen molar-refractivity contribution in [1.29, 1.82) is 0 Å². The number of para-hydroxylation sites is 1. The van der Waals surface area contributed by atoms with Gasteiger partial charge < -0.3 is 9.72 Å². The summed E-state index contributed by atoms with van der Waals surface area (Å²) in [7, 11) is 0. The molecule has 3 rings (SSSR count). The summed E-state index contributed by atoms with van der Waals surface area (Å²) in [6.45, 7) is 3.45. The number of carbonyl (C=O) groups is 2. The predicted octanol–water partition coefficient (Wildman–Crippen LogP) is 4.07. The lowest BCUT2D eigenvalue weighted by Crippen LogP contribution is -2.31. The van der Waals surface area contributed by atoms with E-state index in [2.05, 4.69) is 4.98 Å². The molecule has 0 bridgehead atoms. The molecule has 2 atom stereocenters. The molecule has 0 amide bonds. The average molecular weight is 335 g/mol. The Hall–Kier alpha value is -2.88. The maximum atomic E-state index is 12.6. The van der Waals surface area contributed by atoms with Gasteiger partial charge >= 0.3 is 5.97 Å². The van der Waals surface area contributed by atoms with E-state index in [1.165, 1.54) is 6.92 Å². The number of aromatic amines is 1. The molecular formula is C21H21NO3. The number of ketones is 1. The van der Waals surface area contributed by atoms with Crippen LogP contribution in [0.1, 0.15) is 30.9 Å². The highest BCUT2D eigenvalue weighted by molar-refractivity contribution is 6.00. The molecule has 0 saturated carbocycles. The van der Waals surface area contributed by atoms with E-state index in [4.69, 9.17) is 4.74 Å². The van der Waals surface area contributed by atoms with Gasteiger partial charge in [-0.1, -0.05) is 48.5 Å². The molecule has 128 valence electrons. The number of carbonyl (C=O) groups excluding carboxylic acids is 2. The number of aromatic nitrogens is 1. The summed E-state index contributed by atoms with van der Waals surface area (Å²) >= 11 is 0. The zero-order valence-corrected chi connectivity index (χ0v) is 14.4. The first kappa shape index (κ1) is 17.0. The molecule has 0 aliphatic rings. The van der Waals surface area contributed by atoms with Gasteiger partial charge in [0.2, 0.25) is 0 Å². The Labute approximate surface area is 146 Å². The zero-order valence-electron chi connectivity index (χ0n) is 14.4. The Morgan fingerprint density at radius 1 is 1.04 bits per heavy atom. The smallest absolute Gasteiger partial charge is 0.317 e. The van der Waals surface area contributed by atoms with E-state index in [-0.39, 0.29) is 12.4 Å². The predicted molar refractivity (Wildman–Crippen MR) is 97.4 cm³/mol. The average Bonchev–Trinajstić information content (AvgIpc) is 3.04. The van der Waals surface area contributed by atoms with Crippen LogP contribution in [0.15, 0.2) is 60.8 Å². The van der Waals surface area contributed by atoms with E-state index in [9.17, 15) is 9.59 Å². The highest BCUT2D eigenvalue weighted by Gasteiger charge is 2.37. The second-order valence-electron chi connectivity index (χ2n) is 6.02. The first-order valence-corrected chi connectivity index (χ1v) is 8.41. The van der Waals surface area contributed by atoms with Crippen LogP contribution in [0, 0.1) is 5.92 Å². The molecule has 4 heteroatoms. The molecule has 4 nitrogen and oxygen atoms in total. The molecule has 25 heavy (non-hydrogen) atoms. The van der Waals surface area contributed by atoms with Crippen LogP contribution in [0.4, 0.5) is 0 Å². The number of Topliss-reactive ketones (excluding diaryl/α,β-unsaturated/α-hetero) is 1. The number of nitrogens with one attached hydrogen (secondary N) is 1. The standard InChI is InChI=1S/C21H21NO3/c1-3-25-21(24)19(14(2)23)20(15-9-5-4-6-10-15)17-13-22-18-12-8-7-11-16(17)18/h4-13,19-20,22H,3H2,1-2H3. The largest absolute Gasteiger partial charge is 0.465 e. The molecule has 0 fully saturated rings. The number of hydrogen-bond acceptors (Lipinski definition) is 3. The molecule has 0 aliphatic carbocycles.